The Labute approximate surface area is 89.0 Å². The van der Waals surface area contributed by atoms with E-state index in [9.17, 15) is 12.3 Å². The molecular formula is C10H12FNO2S. The molecule has 82 valence electrons. The van der Waals surface area contributed by atoms with Crippen LogP contribution in [0.3, 0.4) is 0 Å². The molecule has 0 aliphatic rings. The summed E-state index contributed by atoms with van der Waals surface area (Å²) in [6.45, 7) is 2.41. The van der Waals surface area contributed by atoms with Crippen LogP contribution in [-0.2, 0) is 10.2 Å². The van der Waals surface area contributed by atoms with Crippen molar-refractivity contribution < 1.29 is 12.3 Å². The lowest BCUT2D eigenvalue weighted by molar-refractivity contribution is 0.562. The van der Waals surface area contributed by atoms with Gasteiger partial charge in [0, 0.05) is 18.4 Å². The third-order valence-electron chi connectivity index (χ3n) is 1.83. The summed E-state index contributed by atoms with van der Waals surface area (Å²) < 4.78 is 32.9. The Balaban J connectivity index is 2.87. The molecule has 0 fully saturated rings. The van der Waals surface area contributed by atoms with Gasteiger partial charge in [0.05, 0.1) is 5.41 Å². The van der Waals surface area contributed by atoms with Crippen molar-refractivity contribution in [1.29, 1.82) is 0 Å². The van der Waals surface area contributed by atoms with Crippen LogP contribution < -0.4 is 4.90 Å². The molecule has 1 aromatic carbocycles. The van der Waals surface area contributed by atoms with Crippen molar-refractivity contribution in [2.75, 3.05) is 11.4 Å². The lowest BCUT2D eigenvalue weighted by Crippen LogP contribution is -2.14. The summed E-state index contributed by atoms with van der Waals surface area (Å²) >= 11 is 0. The molecule has 15 heavy (non-hydrogen) atoms. The Morgan fingerprint density at radius 1 is 1.33 bits per heavy atom. The summed E-state index contributed by atoms with van der Waals surface area (Å²) in [6, 6.07) is 9.15. The molecule has 0 aliphatic carbocycles. The van der Waals surface area contributed by atoms with Gasteiger partial charge in [0.2, 0.25) is 0 Å². The highest BCUT2D eigenvalue weighted by Gasteiger charge is 2.03. The van der Waals surface area contributed by atoms with E-state index < -0.39 is 10.2 Å². The largest absolute Gasteiger partial charge is 0.347 e. The molecule has 0 N–H and O–H groups in total. The first-order valence-electron chi connectivity index (χ1n) is 4.47. The fourth-order valence-corrected chi connectivity index (χ4v) is 1.43. The Morgan fingerprint density at radius 2 is 1.93 bits per heavy atom. The Hall–Kier alpha value is -1.36. The molecule has 1 aromatic rings. The van der Waals surface area contributed by atoms with Crippen molar-refractivity contribution in [1.82, 2.24) is 0 Å². The van der Waals surface area contributed by atoms with E-state index >= 15 is 0 Å². The van der Waals surface area contributed by atoms with Gasteiger partial charge < -0.3 is 4.90 Å². The number of anilines is 1. The van der Waals surface area contributed by atoms with E-state index in [1.54, 1.807) is 4.90 Å². The molecule has 0 bridgehead atoms. The highest BCUT2D eigenvalue weighted by Crippen LogP contribution is 2.13. The zero-order valence-electron chi connectivity index (χ0n) is 8.30. The van der Waals surface area contributed by atoms with Gasteiger partial charge in [-0.15, -0.1) is 3.89 Å². The number of rotatable bonds is 4. The number of hydrogen-bond donors (Lipinski definition) is 0. The Kier molecular flexibility index (Phi) is 3.85. The molecule has 0 spiro atoms. The van der Waals surface area contributed by atoms with Gasteiger partial charge in [0.1, 0.15) is 0 Å². The predicted molar refractivity (Wildman–Crippen MR) is 58.6 cm³/mol. The van der Waals surface area contributed by atoms with E-state index in [-0.39, 0.29) is 0 Å². The van der Waals surface area contributed by atoms with Gasteiger partial charge in [-0.2, -0.15) is 8.42 Å². The SMILES string of the molecule is CCN(C=CS(=O)(=O)F)c1ccccc1. The van der Waals surface area contributed by atoms with E-state index in [2.05, 4.69) is 0 Å². The van der Waals surface area contributed by atoms with Crippen LogP contribution in [0.1, 0.15) is 6.92 Å². The molecule has 0 amide bonds. The number of hydrogen-bond acceptors (Lipinski definition) is 3. The maximum atomic E-state index is 12.3. The summed E-state index contributed by atoms with van der Waals surface area (Å²) in [7, 11) is -4.56. The fourth-order valence-electron chi connectivity index (χ4n) is 1.14. The second kappa shape index (κ2) is 4.93. The number of nitrogens with zero attached hydrogens (tertiary/aromatic N) is 1. The van der Waals surface area contributed by atoms with E-state index in [1.165, 1.54) is 6.20 Å². The molecule has 0 heterocycles. The molecule has 0 saturated heterocycles. The van der Waals surface area contributed by atoms with Crippen LogP contribution in [0.2, 0.25) is 0 Å². The summed E-state index contributed by atoms with van der Waals surface area (Å²) in [5, 5.41) is 0.545. The average Bonchev–Trinajstić information content (AvgIpc) is 2.19. The van der Waals surface area contributed by atoms with E-state index in [1.807, 2.05) is 37.3 Å². The van der Waals surface area contributed by atoms with Crippen molar-refractivity contribution >= 4 is 15.9 Å². The zero-order valence-corrected chi connectivity index (χ0v) is 9.11. The first-order chi connectivity index (χ1) is 7.03. The van der Waals surface area contributed by atoms with Crippen LogP contribution >= 0.6 is 0 Å². The zero-order chi connectivity index (χ0) is 11.3. The first kappa shape index (κ1) is 11.7. The van der Waals surface area contributed by atoms with Crippen LogP contribution in [-0.4, -0.2) is 15.0 Å². The first-order valence-corrected chi connectivity index (χ1v) is 5.92. The highest BCUT2D eigenvalue weighted by atomic mass is 32.3. The Morgan fingerprint density at radius 3 is 2.40 bits per heavy atom. The van der Waals surface area contributed by atoms with Crippen molar-refractivity contribution in [2.45, 2.75) is 6.92 Å². The molecule has 0 unspecified atom stereocenters. The molecular weight excluding hydrogens is 217 g/mol. The minimum atomic E-state index is -4.56. The minimum Gasteiger partial charge on any atom is -0.347 e. The summed E-state index contributed by atoms with van der Waals surface area (Å²) in [6.07, 6.45) is 1.21. The topological polar surface area (TPSA) is 37.4 Å². The van der Waals surface area contributed by atoms with Gasteiger partial charge in [-0.3, -0.25) is 0 Å². The molecule has 3 nitrogen and oxygen atoms in total. The van der Waals surface area contributed by atoms with Gasteiger partial charge in [0.25, 0.3) is 0 Å². The van der Waals surface area contributed by atoms with Crippen LogP contribution in [0.4, 0.5) is 9.57 Å². The molecule has 0 radical (unpaired) electrons. The molecule has 1 rings (SSSR count). The van der Waals surface area contributed by atoms with Gasteiger partial charge in [-0.05, 0) is 19.1 Å². The van der Waals surface area contributed by atoms with Gasteiger partial charge in [-0.25, -0.2) is 0 Å². The van der Waals surface area contributed by atoms with Crippen molar-refractivity contribution in [3.8, 4) is 0 Å². The van der Waals surface area contributed by atoms with E-state index in [4.69, 9.17) is 0 Å². The predicted octanol–water partition coefficient (Wildman–Crippen LogP) is 2.28. The maximum Gasteiger partial charge on any atom is 0.326 e. The van der Waals surface area contributed by atoms with Crippen molar-refractivity contribution in [3.63, 3.8) is 0 Å². The van der Waals surface area contributed by atoms with Crippen molar-refractivity contribution in [2.24, 2.45) is 0 Å². The summed E-state index contributed by atoms with van der Waals surface area (Å²) in [5.74, 6) is 0. The fraction of sp³-hybridized carbons (Fsp3) is 0.200. The van der Waals surface area contributed by atoms with Gasteiger partial charge in [-0.1, -0.05) is 18.2 Å². The van der Waals surface area contributed by atoms with Crippen LogP contribution in [0.5, 0.6) is 0 Å². The third kappa shape index (κ3) is 4.12. The van der Waals surface area contributed by atoms with Crippen LogP contribution in [0, 0.1) is 0 Å². The quantitative estimate of drug-likeness (QED) is 0.743. The second-order valence-corrected chi connectivity index (χ2v) is 4.11. The molecule has 0 atom stereocenters. The number of para-hydroxylation sites is 1. The Bertz CT molecular complexity index is 428. The van der Waals surface area contributed by atoms with Crippen LogP contribution in [0.25, 0.3) is 0 Å². The van der Waals surface area contributed by atoms with Gasteiger partial charge >= 0.3 is 10.2 Å². The van der Waals surface area contributed by atoms with E-state index in [0.29, 0.717) is 12.0 Å². The molecule has 0 saturated carbocycles. The lowest BCUT2D eigenvalue weighted by atomic mass is 10.3. The lowest BCUT2D eigenvalue weighted by Gasteiger charge is -2.17. The average molecular weight is 229 g/mol. The monoisotopic (exact) mass is 229 g/mol. The number of benzene rings is 1. The molecule has 0 aromatic heterocycles. The molecule has 5 heteroatoms. The second-order valence-electron chi connectivity index (χ2n) is 2.88. The smallest absolute Gasteiger partial charge is 0.326 e. The number of halogens is 1. The van der Waals surface area contributed by atoms with Crippen LogP contribution in [0.15, 0.2) is 41.9 Å². The highest BCUT2D eigenvalue weighted by molar-refractivity contribution is 7.89. The van der Waals surface area contributed by atoms with Gasteiger partial charge in [0.15, 0.2) is 0 Å². The normalized spacial score (nSPS) is 11.9. The van der Waals surface area contributed by atoms with E-state index in [0.717, 1.165) is 5.69 Å². The summed E-state index contributed by atoms with van der Waals surface area (Å²) in [4.78, 5) is 1.64. The van der Waals surface area contributed by atoms with Crippen molar-refractivity contribution in [3.05, 3.63) is 41.9 Å². The maximum absolute atomic E-state index is 12.3. The third-order valence-corrected chi connectivity index (χ3v) is 2.28. The standard InChI is InChI=1S/C10H12FNO2S/c1-2-12(8-9-15(11,13)14)10-6-4-3-5-7-10/h3-9H,2H2,1H3. The molecule has 0 aliphatic heterocycles. The minimum absolute atomic E-state index is 0.545. The summed E-state index contributed by atoms with van der Waals surface area (Å²) in [5.41, 5.74) is 0.819.